The zero-order valence-corrected chi connectivity index (χ0v) is 28.0. The fourth-order valence-corrected chi connectivity index (χ4v) is 8.47. The maximum Gasteiger partial charge on any atom is 0.139 e. The van der Waals surface area contributed by atoms with Crippen molar-refractivity contribution in [1.82, 2.24) is 0 Å². The van der Waals surface area contributed by atoms with Gasteiger partial charge in [-0.2, -0.15) is 0 Å². The van der Waals surface area contributed by atoms with Gasteiger partial charge in [-0.15, -0.1) is 0 Å². The van der Waals surface area contributed by atoms with Gasteiger partial charge >= 0.3 is 0 Å². The maximum absolute atomic E-state index is 5.46. The molecule has 0 spiro atoms. The highest BCUT2D eigenvalue weighted by molar-refractivity contribution is 6.55. The van der Waals surface area contributed by atoms with Crippen LogP contribution in [0.2, 0.25) is 0 Å². The minimum absolute atomic E-state index is 0.119. The van der Waals surface area contributed by atoms with Crippen LogP contribution in [0.15, 0.2) is 72.8 Å². The van der Waals surface area contributed by atoms with Gasteiger partial charge in [-0.1, -0.05) is 88.4 Å². The molecule has 0 bridgehead atoms. The zero-order chi connectivity index (χ0) is 27.5. The lowest BCUT2D eigenvalue weighted by atomic mass is 9.71. The van der Waals surface area contributed by atoms with Crippen molar-refractivity contribution in [2.75, 3.05) is 42.7 Å². The summed E-state index contributed by atoms with van der Waals surface area (Å²) in [5.41, 5.74) is 3.41. The van der Waals surface area contributed by atoms with Crippen LogP contribution < -0.4 is 15.6 Å². The van der Waals surface area contributed by atoms with E-state index in [1.807, 2.05) is 0 Å². The predicted octanol–water partition coefficient (Wildman–Crippen LogP) is 0.152. The van der Waals surface area contributed by atoms with Gasteiger partial charge in [-0.3, -0.25) is 0 Å². The molecule has 0 amide bonds. The van der Waals surface area contributed by atoms with Crippen LogP contribution in [0.1, 0.15) is 23.6 Å². The molecule has 9 heteroatoms. The standard InChI is InChI=1S/C29H42O6Si3/c1-29(20-8-14-23(15-9-20)36-26(30-2)31-3,21-10-16-24(17-11-21)37-27(32-4)33-5)22-12-18-25(19-13-22)38-28(34-6)35-7/h8-19,26-28H,36-38H2,1-7H3. The van der Waals surface area contributed by atoms with E-state index in [1.54, 1.807) is 42.7 Å². The molecule has 3 rings (SSSR count). The Kier molecular flexibility index (Phi) is 12.1. The Hall–Kier alpha value is -1.93. The summed E-state index contributed by atoms with van der Waals surface area (Å²) >= 11 is 0. The van der Waals surface area contributed by atoms with Crippen molar-refractivity contribution in [2.45, 2.75) is 30.1 Å². The van der Waals surface area contributed by atoms with Gasteiger partial charge < -0.3 is 28.4 Å². The molecule has 0 aliphatic rings. The Morgan fingerprint density at radius 3 is 0.816 bits per heavy atom. The first-order valence-electron chi connectivity index (χ1n) is 12.9. The van der Waals surface area contributed by atoms with Crippen molar-refractivity contribution in [3.05, 3.63) is 89.5 Å². The van der Waals surface area contributed by atoms with E-state index >= 15 is 0 Å². The summed E-state index contributed by atoms with van der Waals surface area (Å²) in [6.45, 7) is 2.31. The molecule has 0 saturated carbocycles. The first-order valence-corrected chi connectivity index (χ1v) is 17.4. The summed E-state index contributed by atoms with van der Waals surface area (Å²) in [5, 5.41) is 3.92. The van der Waals surface area contributed by atoms with Gasteiger partial charge in [-0.05, 0) is 23.6 Å². The van der Waals surface area contributed by atoms with Crippen LogP contribution in [-0.2, 0) is 33.8 Å². The Morgan fingerprint density at radius 2 is 0.632 bits per heavy atom. The fourth-order valence-electron chi connectivity index (χ4n) is 4.79. The Labute approximate surface area is 234 Å². The van der Waals surface area contributed by atoms with Crippen molar-refractivity contribution in [1.29, 1.82) is 0 Å². The topological polar surface area (TPSA) is 55.4 Å². The van der Waals surface area contributed by atoms with Crippen LogP contribution in [0.5, 0.6) is 0 Å². The third kappa shape index (κ3) is 7.59. The molecule has 0 atom stereocenters. The van der Waals surface area contributed by atoms with Gasteiger partial charge in [0, 0.05) is 48.1 Å². The van der Waals surface area contributed by atoms with E-state index in [4.69, 9.17) is 28.4 Å². The van der Waals surface area contributed by atoms with E-state index in [-0.39, 0.29) is 23.2 Å². The second kappa shape index (κ2) is 15.0. The molecule has 3 aromatic rings. The van der Waals surface area contributed by atoms with Crippen molar-refractivity contribution in [3.63, 3.8) is 0 Å². The summed E-state index contributed by atoms with van der Waals surface area (Å²) in [6.07, 6.45) is 0. The molecule has 0 fully saturated rings. The quantitative estimate of drug-likeness (QED) is 0.147. The van der Waals surface area contributed by atoms with E-state index in [1.165, 1.54) is 32.3 Å². The minimum Gasteiger partial charge on any atom is -0.360 e. The van der Waals surface area contributed by atoms with E-state index in [0.29, 0.717) is 0 Å². The molecular formula is C29H42O6Si3. The van der Waals surface area contributed by atoms with E-state index < -0.39 is 28.6 Å². The molecule has 0 aliphatic heterocycles. The third-order valence-electron chi connectivity index (χ3n) is 7.38. The molecule has 0 radical (unpaired) electrons. The van der Waals surface area contributed by atoms with Crippen LogP contribution in [0.4, 0.5) is 0 Å². The van der Waals surface area contributed by atoms with Crippen LogP contribution in [0, 0.1) is 0 Å². The number of hydrogen-bond acceptors (Lipinski definition) is 6. The van der Waals surface area contributed by atoms with Crippen molar-refractivity contribution >= 4 is 44.1 Å². The van der Waals surface area contributed by atoms with Crippen molar-refractivity contribution < 1.29 is 28.4 Å². The Bertz CT molecular complexity index is 941. The lowest BCUT2D eigenvalue weighted by Gasteiger charge is -2.32. The molecule has 0 unspecified atom stereocenters. The van der Waals surface area contributed by atoms with Crippen molar-refractivity contribution in [2.24, 2.45) is 0 Å². The zero-order valence-electron chi connectivity index (χ0n) is 23.7. The van der Waals surface area contributed by atoms with Gasteiger partial charge in [0.1, 0.15) is 46.3 Å². The summed E-state index contributed by atoms with van der Waals surface area (Å²) in [6, 6.07) is 26.9. The average Bonchev–Trinajstić information content (AvgIpc) is 2.97. The van der Waals surface area contributed by atoms with Crippen LogP contribution >= 0.6 is 0 Å². The lowest BCUT2D eigenvalue weighted by Crippen LogP contribution is -2.33. The van der Waals surface area contributed by atoms with Crippen molar-refractivity contribution in [3.8, 4) is 0 Å². The minimum atomic E-state index is -0.708. The number of rotatable bonds is 15. The molecule has 0 heterocycles. The van der Waals surface area contributed by atoms with Gasteiger partial charge in [-0.25, -0.2) is 0 Å². The molecule has 0 N–H and O–H groups in total. The number of benzene rings is 3. The van der Waals surface area contributed by atoms with Crippen LogP contribution in [0.3, 0.4) is 0 Å². The second-order valence-electron chi connectivity index (χ2n) is 9.53. The first-order chi connectivity index (χ1) is 18.4. The van der Waals surface area contributed by atoms with Gasteiger partial charge in [0.25, 0.3) is 0 Å². The molecule has 38 heavy (non-hydrogen) atoms. The maximum atomic E-state index is 5.46. The number of ether oxygens (including phenoxy) is 6. The van der Waals surface area contributed by atoms with E-state index in [9.17, 15) is 0 Å². The highest BCUT2D eigenvalue weighted by atomic mass is 28.2. The first kappa shape index (κ1) is 30.6. The highest BCUT2D eigenvalue weighted by Crippen LogP contribution is 2.38. The molecule has 0 aromatic heterocycles. The number of methoxy groups -OCH3 is 6. The third-order valence-corrected chi connectivity index (χ3v) is 13.2. The van der Waals surface area contributed by atoms with Crippen LogP contribution in [0.25, 0.3) is 0 Å². The Balaban J connectivity index is 1.99. The molecule has 206 valence electrons. The highest BCUT2D eigenvalue weighted by Gasteiger charge is 2.31. The predicted molar refractivity (Wildman–Crippen MR) is 163 cm³/mol. The summed E-state index contributed by atoms with van der Waals surface area (Å²) < 4.78 is 32.8. The molecule has 0 saturated heterocycles. The summed E-state index contributed by atoms with van der Waals surface area (Å²) in [4.78, 5) is 0. The SMILES string of the molecule is COC(OC)[SiH2]c1ccc(C(C)(c2ccc([SiH2]C(OC)OC)cc2)c2ccc([SiH2]C(OC)OC)cc2)cc1. The monoisotopic (exact) mass is 570 g/mol. The van der Waals surface area contributed by atoms with Gasteiger partial charge in [0.15, 0.2) is 0 Å². The number of hydrogen-bond donors (Lipinski definition) is 0. The smallest absolute Gasteiger partial charge is 0.139 e. The normalized spacial score (nSPS) is 14.4. The average molecular weight is 571 g/mol. The van der Waals surface area contributed by atoms with Crippen LogP contribution in [-0.4, -0.2) is 89.0 Å². The molecular weight excluding hydrogens is 529 g/mol. The fraction of sp³-hybridized carbons (Fsp3) is 0.379. The molecule has 0 aliphatic carbocycles. The molecule has 6 nitrogen and oxygen atoms in total. The Morgan fingerprint density at radius 1 is 0.421 bits per heavy atom. The second-order valence-corrected chi connectivity index (χ2v) is 15.2. The lowest BCUT2D eigenvalue weighted by molar-refractivity contribution is -0.0430. The van der Waals surface area contributed by atoms with Gasteiger partial charge in [0.2, 0.25) is 0 Å². The van der Waals surface area contributed by atoms with E-state index in [0.717, 1.165) is 0 Å². The largest absolute Gasteiger partial charge is 0.360 e. The summed E-state index contributed by atoms with van der Waals surface area (Å²) in [5.74, 6) is -0.356. The van der Waals surface area contributed by atoms with Gasteiger partial charge in [0.05, 0.1) is 0 Å². The molecule has 3 aromatic carbocycles. The van der Waals surface area contributed by atoms with E-state index in [2.05, 4.69) is 79.7 Å². The summed E-state index contributed by atoms with van der Waals surface area (Å²) in [7, 11) is 8.09.